The highest BCUT2D eigenvalue weighted by Crippen LogP contribution is 2.21. The lowest BCUT2D eigenvalue weighted by Crippen LogP contribution is -2.08. The van der Waals surface area contributed by atoms with Crippen LogP contribution in [0.2, 0.25) is 0 Å². The van der Waals surface area contributed by atoms with Crippen molar-refractivity contribution >= 4 is 5.97 Å². The number of carbonyl (C=O) groups is 1. The van der Waals surface area contributed by atoms with Crippen LogP contribution in [0.5, 0.6) is 0 Å². The molecule has 1 radical (unpaired) electrons. The Morgan fingerprint density at radius 1 is 1.57 bits per heavy atom. The van der Waals surface area contributed by atoms with Crippen LogP contribution in [0.1, 0.15) is 19.8 Å². The number of rotatable bonds is 4. The van der Waals surface area contributed by atoms with Gasteiger partial charge in [-0.1, -0.05) is 6.08 Å². The minimum Gasteiger partial charge on any atom is -0.497 e. The Kier molecular flexibility index (Phi) is 4.23. The summed E-state index contributed by atoms with van der Waals surface area (Å²) in [6.45, 7) is 2.23. The van der Waals surface area contributed by atoms with Gasteiger partial charge in [-0.2, -0.15) is 0 Å². The van der Waals surface area contributed by atoms with Crippen molar-refractivity contribution in [2.75, 3.05) is 13.7 Å². The molecule has 14 heavy (non-hydrogen) atoms. The van der Waals surface area contributed by atoms with Crippen LogP contribution >= 0.6 is 0 Å². The van der Waals surface area contributed by atoms with Gasteiger partial charge in [0.1, 0.15) is 5.76 Å². The Morgan fingerprint density at radius 3 is 3.00 bits per heavy atom. The molecule has 0 spiro atoms. The maximum absolute atomic E-state index is 11.2. The molecular formula is C11H15O3. The third-order valence-electron chi connectivity index (χ3n) is 1.98. The third kappa shape index (κ3) is 2.91. The van der Waals surface area contributed by atoms with E-state index in [1.54, 1.807) is 14.0 Å². The molecule has 0 atom stereocenters. The minimum absolute atomic E-state index is 0.194. The van der Waals surface area contributed by atoms with Gasteiger partial charge in [0.25, 0.3) is 0 Å². The molecule has 1 aliphatic carbocycles. The number of esters is 1. The Balaban J connectivity index is 2.60. The van der Waals surface area contributed by atoms with E-state index in [0.29, 0.717) is 13.0 Å². The van der Waals surface area contributed by atoms with Crippen molar-refractivity contribution in [1.82, 2.24) is 0 Å². The highest BCUT2D eigenvalue weighted by molar-refractivity contribution is 5.73. The van der Waals surface area contributed by atoms with E-state index < -0.39 is 0 Å². The molecule has 0 unspecified atom stereocenters. The van der Waals surface area contributed by atoms with Gasteiger partial charge in [-0.3, -0.25) is 4.79 Å². The van der Waals surface area contributed by atoms with Crippen molar-refractivity contribution in [2.24, 2.45) is 0 Å². The summed E-state index contributed by atoms with van der Waals surface area (Å²) < 4.78 is 10.0. The van der Waals surface area contributed by atoms with Crippen molar-refractivity contribution in [2.45, 2.75) is 19.8 Å². The van der Waals surface area contributed by atoms with Crippen LogP contribution < -0.4 is 0 Å². The normalized spacial score (nSPS) is 15.6. The van der Waals surface area contributed by atoms with Crippen molar-refractivity contribution in [3.63, 3.8) is 0 Å². The van der Waals surface area contributed by atoms with Gasteiger partial charge in [0, 0.05) is 0 Å². The quantitative estimate of drug-likeness (QED) is 0.644. The molecule has 0 saturated carbocycles. The number of hydrogen-bond donors (Lipinski definition) is 0. The van der Waals surface area contributed by atoms with Gasteiger partial charge in [-0.15, -0.1) is 0 Å². The molecule has 0 aromatic heterocycles. The second-order valence-electron chi connectivity index (χ2n) is 2.95. The minimum atomic E-state index is -0.194. The van der Waals surface area contributed by atoms with E-state index in [1.807, 2.05) is 18.6 Å². The predicted octanol–water partition coefficient (Wildman–Crippen LogP) is 2.00. The van der Waals surface area contributed by atoms with Gasteiger partial charge in [0.05, 0.1) is 20.1 Å². The lowest BCUT2D eigenvalue weighted by molar-refractivity contribution is -0.142. The summed E-state index contributed by atoms with van der Waals surface area (Å²) in [4.78, 5) is 11.2. The fourth-order valence-electron chi connectivity index (χ4n) is 1.34. The van der Waals surface area contributed by atoms with Gasteiger partial charge in [0.2, 0.25) is 0 Å². The van der Waals surface area contributed by atoms with Crippen LogP contribution in [0, 0.1) is 6.42 Å². The van der Waals surface area contributed by atoms with E-state index in [4.69, 9.17) is 9.47 Å². The molecule has 3 heteroatoms. The molecule has 0 amide bonds. The third-order valence-corrected chi connectivity index (χ3v) is 1.98. The SMILES string of the molecule is CCOC(=O)CC1=C(OC)C=C[CH]C1. The van der Waals surface area contributed by atoms with E-state index >= 15 is 0 Å². The molecule has 0 aromatic rings. The lowest BCUT2D eigenvalue weighted by atomic mass is 10.0. The summed E-state index contributed by atoms with van der Waals surface area (Å²) >= 11 is 0. The van der Waals surface area contributed by atoms with Crippen molar-refractivity contribution < 1.29 is 14.3 Å². The summed E-state index contributed by atoms with van der Waals surface area (Å²) in [6, 6.07) is 0. The molecule has 0 bridgehead atoms. The number of allylic oxidation sites excluding steroid dienone is 2. The Bertz CT molecular complexity index is 264. The second-order valence-corrected chi connectivity index (χ2v) is 2.95. The van der Waals surface area contributed by atoms with Crippen LogP contribution in [-0.2, 0) is 14.3 Å². The van der Waals surface area contributed by atoms with Crippen LogP contribution in [0.25, 0.3) is 0 Å². The molecule has 0 aromatic carbocycles. The van der Waals surface area contributed by atoms with Crippen LogP contribution in [0.3, 0.4) is 0 Å². The van der Waals surface area contributed by atoms with Crippen LogP contribution in [0.15, 0.2) is 23.5 Å². The first-order valence-corrected chi connectivity index (χ1v) is 4.69. The maximum Gasteiger partial charge on any atom is 0.310 e. The molecule has 0 saturated heterocycles. The number of ether oxygens (including phenoxy) is 2. The van der Waals surface area contributed by atoms with Crippen LogP contribution in [-0.4, -0.2) is 19.7 Å². The summed E-state index contributed by atoms with van der Waals surface area (Å²) in [6.07, 6.45) is 6.86. The maximum atomic E-state index is 11.2. The number of hydrogen-bond acceptors (Lipinski definition) is 3. The average Bonchev–Trinajstić information content (AvgIpc) is 2.19. The fraction of sp³-hybridized carbons (Fsp3) is 0.455. The van der Waals surface area contributed by atoms with Gasteiger partial charge in [-0.05, 0) is 31.4 Å². The molecule has 1 aliphatic rings. The monoisotopic (exact) mass is 195 g/mol. The zero-order valence-corrected chi connectivity index (χ0v) is 8.58. The number of methoxy groups -OCH3 is 1. The van der Waals surface area contributed by atoms with Crippen molar-refractivity contribution in [1.29, 1.82) is 0 Å². The molecular weight excluding hydrogens is 180 g/mol. The Hall–Kier alpha value is -1.25. The molecule has 1 rings (SSSR count). The molecule has 77 valence electrons. The van der Waals surface area contributed by atoms with E-state index in [-0.39, 0.29) is 5.97 Å². The largest absolute Gasteiger partial charge is 0.497 e. The fourth-order valence-corrected chi connectivity index (χ4v) is 1.34. The first-order chi connectivity index (χ1) is 6.77. The topological polar surface area (TPSA) is 35.5 Å². The Labute approximate surface area is 84.4 Å². The second kappa shape index (κ2) is 5.47. The highest BCUT2D eigenvalue weighted by atomic mass is 16.5. The van der Waals surface area contributed by atoms with E-state index in [9.17, 15) is 4.79 Å². The average molecular weight is 195 g/mol. The van der Waals surface area contributed by atoms with Crippen molar-refractivity contribution in [3.8, 4) is 0 Å². The standard InChI is InChI=1S/C11H15O3/c1-3-14-11(12)8-9-6-4-5-7-10(9)13-2/h4-5,7H,3,6,8H2,1-2H3. The highest BCUT2D eigenvalue weighted by Gasteiger charge is 2.13. The first-order valence-electron chi connectivity index (χ1n) is 4.69. The Morgan fingerprint density at radius 2 is 2.36 bits per heavy atom. The smallest absolute Gasteiger partial charge is 0.310 e. The van der Waals surface area contributed by atoms with E-state index in [0.717, 1.165) is 17.8 Å². The lowest BCUT2D eigenvalue weighted by Gasteiger charge is -2.13. The van der Waals surface area contributed by atoms with Gasteiger partial charge >= 0.3 is 5.97 Å². The summed E-state index contributed by atoms with van der Waals surface area (Å²) in [5.74, 6) is 0.585. The zero-order chi connectivity index (χ0) is 10.4. The summed E-state index contributed by atoms with van der Waals surface area (Å²) in [5, 5.41) is 0. The van der Waals surface area contributed by atoms with E-state index in [2.05, 4.69) is 0 Å². The van der Waals surface area contributed by atoms with Crippen molar-refractivity contribution in [3.05, 3.63) is 29.9 Å². The molecule has 0 heterocycles. The molecule has 3 nitrogen and oxygen atoms in total. The number of carbonyl (C=O) groups excluding carboxylic acids is 1. The van der Waals surface area contributed by atoms with E-state index in [1.165, 1.54) is 0 Å². The van der Waals surface area contributed by atoms with Gasteiger partial charge in [0.15, 0.2) is 0 Å². The zero-order valence-electron chi connectivity index (χ0n) is 8.58. The van der Waals surface area contributed by atoms with Gasteiger partial charge < -0.3 is 9.47 Å². The van der Waals surface area contributed by atoms with Crippen LogP contribution in [0.4, 0.5) is 0 Å². The predicted molar refractivity (Wildman–Crippen MR) is 53.3 cm³/mol. The summed E-state index contributed by atoms with van der Waals surface area (Å²) in [5.41, 5.74) is 0.980. The van der Waals surface area contributed by atoms with Gasteiger partial charge in [-0.25, -0.2) is 0 Å². The molecule has 0 aliphatic heterocycles. The first kappa shape index (κ1) is 10.8. The molecule has 0 fully saturated rings. The molecule has 0 N–H and O–H groups in total. The summed E-state index contributed by atoms with van der Waals surface area (Å²) in [7, 11) is 1.61.